The molecule has 0 aliphatic carbocycles. The van der Waals surface area contributed by atoms with Crippen LogP contribution in [-0.2, 0) is 4.79 Å². The summed E-state index contributed by atoms with van der Waals surface area (Å²) in [5.41, 5.74) is 0. The summed E-state index contributed by atoms with van der Waals surface area (Å²) in [5.74, 6) is -1.06. The maximum absolute atomic E-state index is 11.6. The Morgan fingerprint density at radius 2 is 2.19 bits per heavy atom. The zero-order valence-electron chi connectivity index (χ0n) is 9.32. The summed E-state index contributed by atoms with van der Waals surface area (Å²) in [6, 6.07) is 3.11. The quantitative estimate of drug-likeness (QED) is 0.833. The smallest absolute Gasteiger partial charge is 0.345 e. The molecule has 2 N–H and O–H groups in total. The fraction of sp³-hybridized carbons (Fsp3) is 0.455. The van der Waals surface area contributed by atoms with E-state index in [-0.39, 0.29) is 16.7 Å². The highest BCUT2D eigenvalue weighted by Gasteiger charge is 2.14. The first-order valence-electron chi connectivity index (χ1n) is 5.18. The van der Waals surface area contributed by atoms with Gasteiger partial charge in [0.2, 0.25) is 5.91 Å². The molecule has 0 aromatic carbocycles. The van der Waals surface area contributed by atoms with E-state index in [1.807, 2.05) is 13.8 Å². The standard InChI is InChI=1S/C11H15NO3S/c1-3-4-7(2)10(13)12-9-6-5-8(16-9)11(14)15/h5-7H,3-4H2,1-2H3,(H,12,13)(H,14,15). The van der Waals surface area contributed by atoms with E-state index in [2.05, 4.69) is 5.32 Å². The van der Waals surface area contributed by atoms with Gasteiger partial charge in [-0.05, 0) is 18.6 Å². The summed E-state index contributed by atoms with van der Waals surface area (Å²) in [6.07, 6.45) is 1.79. The molecule has 1 amide bonds. The van der Waals surface area contributed by atoms with Crippen LogP contribution in [0, 0.1) is 5.92 Å². The molecule has 0 aliphatic heterocycles. The van der Waals surface area contributed by atoms with Crippen LogP contribution in [0.1, 0.15) is 36.4 Å². The first kappa shape index (κ1) is 12.7. The lowest BCUT2D eigenvalue weighted by molar-refractivity contribution is -0.119. The van der Waals surface area contributed by atoms with Gasteiger partial charge in [-0.2, -0.15) is 0 Å². The van der Waals surface area contributed by atoms with Crippen molar-refractivity contribution in [2.24, 2.45) is 5.92 Å². The fourth-order valence-corrected chi connectivity index (χ4v) is 2.08. The van der Waals surface area contributed by atoms with Crippen molar-refractivity contribution >= 4 is 28.2 Å². The van der Waals surface area contributed by atoms with Gasteiger partial charge in [-0.25, -0.2) is 4.79 Å². The Balaban J connectivity index is 2.59. The highest BCUT2D eigenvalue weighted by atomic mass is 32.1. The molecule has 0 saturated heterocycles. The van der Waals surface area contributed by atoms with Crippen molar-refractivity contribution in [2.75, 3.05) is 5.32 Å². The zero-order chi connectivity index (χ0) is 12.1. The molecule has 1 heterocycles. The molecule has 0 fully saturated rings. The van der Waals surface area contributed by atoms with Gasteiger partial charge in [0.05, 0.1) is 5.00 Å². The number of carboxylic acids is 1. The Bertz CT molecular complexity index is 386. The van der Waals surface area contributed by atoms with Crippen LogP contribution in [0.4, 0.5) is 5.00 Å². The second-order valence-electron chi connectivity index (χ2n) is 3.65. The van der Waals surface area contributed by atoms with Crippen molar-refractivity contribution in [3.63, 3.8) is 0 Å². The first-order valence-corrected chi connectivity index (χ1v) is 6.00. The molecule has 1 aromatic heterocycles. The summed E-state index contributed by atoms with van der Waals surface area (Å²) in [5, 5.41) is 12.0. The third-order valence-corrected chi connectivity index (χ3v) is 3.22. The molecule has 1 rings (SSSR count). The largest absolute Gasteiger partial charge is 0.477 e. The molecule has 5 heteroatoms. The lowest BCUT2D eigenvalue weighted by atomic mass is 10.1. The molecule has 16 heavy (non-hydrogen) atoms. The molecule has 1 unspecified atom stereocenters. The Kier molecular flexibility index (Phi) is 4.49. The van der Waals surface area contributed by atoms with Gasteiger partial charge in [-0.1, -0.05) is 20.3 Å². The minimum atomic E-state index is -0.966. The molecular weight excluding hydrogens is 226 g/mol. The van der Waals surface area contributed by atoms with E-state index in [9.17, 15) is 9.59 Å². The highest BCUT2D eigenvalue weighted by Crippen LogP contribution is 2.22. The third-order valence-electron chi connectivity index (χ3n) is 2.23. The van der Waals surface area contributed by atoms with Crippen molar-refractivity contribution in [3.8, 4) is 0 Å². The average molecular weight is 241 g/mol. The summed E-state index contributed by atoms with van der Waals surface area (Å²) in [7, 11) is 0. The van der Waals surface area contributed by atoms with Crippen LogP contribution < -0.4 is 5.32 Å². The Labute approximate surface area is 98.3 Å². The predicted octanol–water partition coefficient (Wildman–Crippen LogP) is 2.82. The van der Waals surface area contributed by atoms with Crippen molar-refractivity contribution in [1.29, 1.82) is 0 Å². The maximum Gasteiger partial charge on any atom is 0.345 e. The minimum absolute atomic E-state index is 0.0413. The van der Waals surface area contributed by atoms with E-state index in [4.69, 9.17) is 5.11 Å². The normalized spacial score (nSPS) is 12.1. The lowest BCUT2D eigenvalue weighted by Gasteiger charge is -2.08. The van der Waals surface area contributed by atoms with Crippen LogP contribution >= 0.6 is 11.3 Å². The second-order valence-corrected chi connectivity index (χ2v) is 4.73. The fourth-order valence-electron chi connectivity index (χ4n) is 1.33. The van der Waals surface area contributed by atoms with Gasteiger partial charge in [0.1, 0.15) is 4.88 Å². The van der Waals surface area contributed by atoms with Gasteiger partial charge in [0.25, 0.3) is 0 Å². The number of carbonyl (C=O) groups excluding carboxylic acids is 1. The van der Waals surface area contributed by atoms with Crippen LogP contribution in [0.25, 0.3) is 0 Å². The van der Waals surface area contributed by atoms with Crippen LogP contribution in [0.3, 0.4) is 0 Å². The summed E-state index contributed by atoms with van der Waals surface area (Å²) >= 11 is 1.07. The molecule has 0 spiro atoms. The van der Waals surface area contributed by atoms with E-state index >= 15 is 0 Å². The number of carboxylic acid groups (broad SMARTS) is 1. The van der Waals surface area contributed by atoms with Gasteiger partial charge in [-0.15, -0.1) is 11.3 Å². The molecule has 0 saturated carbocycles. The number of rotatable bonds is 5. The van der Waals surface area contributed by atoms with Crippen molar-refractivity contribution in [2.45, 2.75) is 26.7 Å². The molecule has 1 aromatic rings. The van der Waals surface area contributed by atoms with Crippen LogP contribution in [0.15, 0.2) is 12.1 Å². The Morgan fingerprint density at radius 3 is 2.69 bits per heavy atom. The van der Waals surface area contributed by atoms with Gasteiger partial charge >= 0.3 is 5.97 Å². The lowest BCUT2D eigenvalue weighted by Crippen LogP contribution is -2.19. The molecule has 4 nitrogen and oxygen atoms in total. The van der Waals surface area contributed by atoms with Crippen LogP contribution in [0.2, 0.25) is 0 Å². The van der Waals surface area contributed by atoms with E-state index in [0.717, 1.165) is 24.2 Å². The van der Waals surface area contributed by atoms with Crippen molar-refractivity contribution in [1.82, 2.24) is 0 Å². The van der Waals surface area contributed by atoms with Crippen molar-refractivity contribution < 1.29 is 14.7 Å². The monoisotopic (exact) mass is 241 g/mol. The highest BCUT2D eigenvalue weighted by molar-refractivity contribution is 7.18. The van der Waals surface area contributed by atoms with Crippen LogP contribution in [-0.4, -0.2) is 17.0 Å². The molecule has 1 atom stereocenters. The topological polar surface area (TPSA) is 66.4 Å². The van der Waals surface area contributed by atoms with Gasteiger partial charge in [0.15, 0.2) is 0 Å². The molecule has 88 valence electrons. The first-order chi connectivity index (χ1) is 7.54. The SMILES string of the molecule is CCCC(C)C(=O)Nc1ccc(C(=O)O)s1. The Morgan fingerprint density at radius 1 is 1.50 bits per heavy atom. The number of anilines is 1. The summed E-state index contributed by atoms with van der Waals surface area (Å²) < 4.78 is 0. The Hall–Kier alpha value is -1.36. The third kappa shape index (κ3) is 3.34. The number of amides is 1. The van der Waals surface area contributed by atoms with Gasteiger partial charge < -0.3 is 10.4 Å². The molecule has 0 radical (unpaired) electrons. The number of hydrogen-bond donors (Lipinski definition) is 2. The molecular formula is C11H15NO3S. The molecule has 0 aliphatic rings. The van der Waals surface area contributed by atoms with E-state index < -0.39 is 5.97 Å². The minimum Gasteiger partial charge on any atom is -0.477 e. The average Bonchev–Trinajstić information content (AvgIpc) is 2.66. The molecule has 0 bridgehead atoms. The van der Waals surface area contributed by atoms with Gasteiger partial charge in [0, 0.05) is 5.92 Å². The van der Waals surface area contributed by atoms with E-state index in [1.54, 1.807) is 6.07 Å². The van der Waals surface area contributed by atoms with E-state index in [1.165, 1.54) is 6.07 Å². The number of aromatic carboxylic acids is 1. The number of thiophene rings is 1. The summed E-state index contributed by atoms with van der Waals surface area (Å²) in [4.78, 5) is 22.5. The zero-order valence-corrected chi connectivity index (χ0v) is 10.1. The van der Waals surface area contributed by atoms with E-state index in [0.29, 0.717) is 5.00 Å². The predicted molar refractivity (Wildman–Crippen MR) is 64.0 cm³/mol. The number of hydrogen-bond acceptors (Lipinski definition) is 3. The number of nitrogens with one attached hydrogen (secondary N) is 1. The van der Waals surface area contributed by atoms with Crippen LogP contribution in [0.5, 0.6) is 0 Å². The summed E-state index contributed by atoms with van der Waals surface area (Å²) in [6.45, 7) is 3.89. The van der Waals surface area contributed by atoms with Crippen molar-refractivity contribution in [3.05, 3.63) is 17.0 Å². The number of carbonyl (C=O) groups is 2. The maximum atomic E-state index is 11.6. The van der Waals surface area contributed by atoms with Gasteiger partial charge in [-0.3, -0.25) is 4.79 Å². The second kappa shape index (κ2) is 5.65.